The lowest BCUT2D eigenvalue weighted by molar-refractivity contribution is -0.0237. The smallest absolute Gasteiger partial charge is 0.0861 e. The fraction of sp³-hybridized carbons (Fsp3) is 0.538. The van der Waals surface area contributed by atoms with E-state index in [1.165, 1.54) is 0 Å². The highest BCUT2D eigenvalue weighted by Crippen LogP contribution is 2.37. The Morgan fingerprint density at radius 2 is 2.12 bits per heavy atom. The summed E-state index contributed by atoms with van der Waals surface area (Å²) in [6.07, 6.45) is 2.14. The van der Waals surface area contributed by atoms with E-state index in [0.717, 1.165) is 18.4 Å². The molecular formula is C13H16Cl2O2. The van der Waals surface area contributed by atoms with Crippen molar-refractivity contribution in [2.24, 2.45) is 5.92 Å². The second-order valence-corrected chi connectivity index (χ2v) is 5.31. The van der Waals surface area contributed by atoms with Crippen molar-refractivity contribution in [3.8, 4) is 0 Å². The Bertz CT molecular complexity index is 391. The molecule has 0 amide bonds. The summed E-state index contributed by atoms with van der Waals surface area (Å²) in [5.74, 6) is 0.493. The van der Waals surface area contributed by atoms with E-state index in [4.69, 9.17) is 27.9 Å². The van der Waals surface area contributed by atoms with Gasteiger partial charge in [0.15, 0.2) is 0 Å². The molecule has 2 atom stereocenters. The summed E-state index contributed by atoms with van der Waals surface area (Å²) in [5, 5.41) is 11.2. The average Bonchev–Trinajstić information content (AvgIpc) is 3.10. The van der Waals surface area contributed by atoms with Crippen molar-refractivity contribution in [2.75, 3.05) is 7.11 Å². The van der Waals surface area contributed by atoms with Gasteiger partial charge < -0.3 is 9.84 Å². The molecule has 2 rings (SSSR count). The zero-order valence-electron chi connectivity index (χ0n) is 9.70. The van der Waals surface area contributed by atoms with Gasteiger partial charge in [0.25, 0.3) is 0 Å². The minimum absolute atomic E-state index is 0.0925. The van der Waals surface area contributed by atoms with E-state index in [9.17, 15) is 5.11 Å². The summed E-state index contributed by atoms with van der Waals surface area (Å²) >= 11 is 12.0. The zero-order chi connectivity index (χ0) is 12.4. The van der Waals surface area contributed by atoms with Gasteiger partial charge in [0.1, 0.15) is 0 Å². The molecule has 0 heterocycles. The van der Waals surface area contributed by atoms with E-state index >= 15 is 0 Å². The third-order valence-corrected chi connectivity index (χ3v) is 4.06. The van der Waals surface area contributed by atoms with Gasteiger partial charge in [-0.25, -0.2) is 0 Å². The van der Waals surface area contributed by atoms with Crippen molar-refractivity contribution in [1.82, 2.24) is 0 Å². The average molecular weight is 275 g/mol. The molecule has 1 N–H and O–H groups in total. The fourth-order valence-corrected chi connectivity index (χ4v) is 2.53. The van der Waals surface area contributed by atoms with Crippen LogP contribution in [0.2, 0.25) is 10.0 Å². The quantitative estimate of drug-likeness (QED) is 0.893. The highest BCUT2D eigenvalue weighted by Gasteiger charge is 2.36. The third-order valence-electron chi connectivity index (χ3n) is 3.20. The monoisotopic (exact) mass is 274 g/mol. The number of ether oxygens (including phenoxy) is 1. The number of hydrogen-bond donors (Lipinski definition) is 1. The maximum Gasteiger partial charge on any atom is 0.0861 e. The Kier molecular flexibility index (Phi) is 4.31. The van der Waals surface area contributed by atoms with Crippen LogP contribution in [0, 0.1) is 5.92 Å². The van der Waals surface area contributed by atoms with Crippen molar-refractivity contribution in [1.29, 1.82) is 0 Å². The van der Waals surface area contributed by atoms with Crippen molar-refractivity contribution < 1.29 is 9.84 Å². The molecule has 1 aromatic carbocycles. The van der Waals surface area contributed by atoms with E-state index in [2.05, 4.69) is 0 Å². The van der Waals surface area contributed by atoms with Crippen LogP contribution in [0.1, 0.15) is 18.4 Å². The highest BCUT2D eigenvalue weighted by molar-refractivity contribution is 6.42. The molecule has 1 aromatic rings. The fourth-order valence-electron chi connectivity index (χ4n) is 2.14. The van der Waals surface area contributed by atoms with Crippen molar-refractivity contribution in [3.05, 3.63) is 33.8 Å². The third kappa shape index (κ3) is 3.14. The molecule has 1 aliphatic carbocycles. The van der Waals surface area contributed by atoms with Gasteiger partial charge in [-0.15, -0.1) is 0 Å². The number of aliphatic hydroxyl groups is 1. The Labute approximate surface area is 111 Å². The lowest BCUT2D eigenvalue weighted by atomic mass is 10.0. The second kappa shape index (κ2) is 5.57. The van der Waals surface area contributed by atoms with Gasteiger partial charge in [-0.05, 0) is 30.4 Å². The van der Waals surface area contributed by atoms with Gasteiger partial charge in [0.2, 0.25) is 0 Å². The largest absolute Gasteiger partial charge is 0.390 e. The summed E-state index contributed by atoms with van der Waals surface area (Å²) in [6.45, 7) is 0. The number of aliphatic hydroxyl groups excluding tert-OH is 1. The van der Waals surface area contributed by atoms with Crippen molar-refractivity contribution >= 4 is 23.2 Å². The number of benzene rings is 1. The lowest BCUT2D eigenvalue weighted by Crippen LogP contribution is -2.31. The predicted molar refractivity (Wildman–Crippen MR) is 69.7 cm³/mol. The molecule has 0 aromatic heterocycles. The van der Waals surface area contributed by atoms with E-state index in [1.54, 1.807) is 13.2 Å². The molecule has 1 fully saturated rings. The first-order valence-electron chi connectivity index (χ1n) is 5.77. The minimum atomic E-state index is -0.525. The number of hydrogen-bond acceptors (Lipinski definition) is 2. The van der Waals surface area contributed by atoms with Crippen LogP contribution in [0.4, 0.5) is 0 Å². The molecule has 0 radical (unpaired) electrons. The second-order valence-electron chi connectivity index (χ2n) is 4.52. The van der Waals surface area contributed by atoms with E-state index in [0.29, 0.717) is 22.4 Å². The van der Waals surface area contributed by atoms with Crippen LogP contribution in [-0.4, -0.2) is 24.4 Å². The molecular weight excluding hydrogens is 259 g/mol. The van der Waals surface area contributed by atoms with Crippen LogP contribution in [0.15, 0.2) is 18.2 Å². The molecule has 4 heteroatoms. The molecule has 17 heavy (non-hydrogen) atoms. The summed E-state index contributed by atoms with van der Waals surface area (Å²) in [5.41, 5.74) is 0.870. The number of rotatable bonds is 5. The molecule has 1 saturated carbocycles. The molecule has 0 aliphatic heterocycles. The topological polar surface area (TPSA) is 29.5 Å². The lowest BCUT2D eigenvalue weighted by Gasteiger charge is -2.21. The Morgan fingerprint density at radius 1 is 1.41 bits per heavy atom. The maximum atomic E-state index is 10.2. The van der Waals surface area contributed by atoms with Crippen molar-refractivity contribution in [2.45, 2.75) is 31.5 Å². The highest BCUT2D eigenvalue weighted by atomic mass is 35.5. The van der Waals surface area contributed by atoms with Gasteiger partial charge in [0, 0.05) is 13.5 Å². The molecule has 0 spiro atoms. The molecule has 1 aliphatic rings. The molecule has 2 unspecified atom stereocenters. The van der Waals surface area contributed by atoms with Crippen LogP contribution in [0.25, 0.3) is 0 Å². The molecule has 0 bridgehead atoms. The van der Waals surface area contributed by atoms with Gasteiger partial charge in [-0.1, -0.05) is 35.3 Å². The van der Waals surface area contributed by atoms with Crippen LogP contribution in [0.5, 0.6) is 0 Å². The first-order valence-corrected chi connectivity index (χ1v) is 6.53. The van der Waals surface area contributed by atoms with E-state index in [-0.39, 0.29) is 6.10 Å². The Hall–Kier alpha value is -0.280. The summed E-state index contributed by atoms with van der Waals surface area (Å²) in [6, 6.07) is 5.47. The predicted octanol–water partition coefficient (Wildman–Crippen LogP) is 3.32. The first-order chi connectivity index (χ1) is 8.13. The van der Waals surface area contributed by atoms with Crippen LogP contribution in [0.3, 0.4) is 0 Å². The summed E-state index contributed by atoms with van der Waals surface area (Å²) in [7, 11) is 1.64. The molecule has 2 nitrogen and oxygen atoms in total. The van der Waals surface area contributed by atoms with Gasteiger partial charge >= 0.3 is 0 Å². The minimum Gasteiger partial charge on any atom is -0.390 e. The van der Waals surface area contributed by atoms with E-state index < -0.39 is 6.10 Å². The normalized spacial score (nSPS) is 19.1. The standard InChI is InChI=1S/C13H16Cl2O2/c1-17-13(8-5-6-8)11(16)7-9-3-2-4-10(14)12(9)15/h2-4,8,11,13,16H,5-7H2,1H3. The summed E-state index contributed by atoms with van der Waals surface area (Å²) in [4.78, 5) is 0. The van der Waals surface area contributed by atoms with Gasteiger partial charge in [-0.3, -0.25) is 0 Å². The van der Waals surface area contributed by atoms with Gasteiger partial charge in [-0.2, -0.15) is 0 Å². The number of methoxy groups -OCH3 is 1. The van der Waals surface area contributed by atoms with Crippen LogP contribution >= 0.6 is 23.2 Å². The maximum absolute atomic E-state index is 10.2. The zero-order valence-corrected chi connectivity index (χ0v) is 11.2. The van der Waals surface area contributed by atoms with Crippen LogP contribution < -0.4 is 0 Å². The first kappa shape index (κ1) is 13.2. The Morgan fingerprint density at radius 3 is 2.71 bits per heavy atom. The van der Waals surface area contributed by atoms with Crippen molar-refractivity contribution in [3.63, 3.8) is 0 Å². The van der Waals surface area contributed by atoms with Gasteiger partial charge in [0.05, 0.1) is 22.3 Å². The molecule has 94 valence electrons. The molecule has 0 saturated heterocycles. The van der Waals surface area contributed by atoms with E-state index in [1.807, 2.05) is 12.1 Å². The number of halogens is 2. The SMILES string of the molecule is COC(C(O)Cc1cccc(Cl)c1Cl)C1CC1. The Balaban J connectivity index is 2.06. The summed E-state index contributed by atoms with van der Waals surface area (Å²) < 4.78 is 5.35. The van der Waals surface area contributed by atoms with Crippen LogP contribution in [-0.2, 0) is 11.2 Å².